The molecule has 184 valence electrons. The molecule has 0 aromatic heterocycles. The smallest absolute Gasteiger partial charge is 0.329 e. The second-order valence-corrected chi connectivity index (χ2v) is 9.64. The molecule has 0 aliphatic heterocycles. The van der Waals surface area contributed by atoms with E-state index in [1.54, 1.807) is 32.9 Å². The zero-order chi connectivity index (χ0) is 25.1. The van der Waals surface area contributed by atoms with Crippen LogP contribution in [0.4, 0.5) is 0 Å². The summed E-state index contributed by atoms with van der Waals surface area (Å²) in [6.07, 6.45) is 0.691. The number of benzene rings is 2. The van der Waals surface area contributed by atoms with E-state index >= 15 is 0 Å². The van der Waals surface area contributed by atoms with Gasteiger partial charge in [0, 0.05) is 6.42 Å². The van der Waals surface area contributed by atoms with Crippen molar-refractivity contribution >= 4 is 17.8 Å². The van der Waals surface area contributed by atoms with Gasteiger partial charge >= 0.3 is 5.97 Å². The SMILES string of the molecule is CC(C)CC(NC(=O)C(Cc1ccccc1)NC(=O)COc1ccccc1)C(=O)OC(C)(C)C. The molecule has 2 amide bonds. The molecule has 0 aliphatic carbocycles. The Hall–Kier alpha value is -3.35. The molecule has 2 aromatic carbocycles. The first-order chi connectivity index (χ1) is 16.0. The molecule has 2 atom stereocenters. The van der Waals surface area contributed by atoms with Gasteiger partial charge < -0.3 is 20.1 Å². The summed E-state index contributed by atoms with van der Waals surface area (Å²) >= 11 is 0. The molecule has 0 saturated heterocycles. The first kappa shape index (κ1) is 26.9. The number of para-hydroxylation sites is 1. The monoisotopic (exact) mass is 468 g/mol. The maximum absolute atomic E-state index is 13.2. The molecule has 0 aliphatic rings. The Balaban J connectivity index is 2.12. The highest BCUT2D eigenvalue weighted by Crippen LogP contribution is 2.14. The summed E-state index contributed by atoms with van der Waals surface area (Å²) in [4.78, 5) is 38.6. The summed E-state index contributed by atoms with van der Waals surface area (Å²) in [6, 6.07) is 16.6. The van der Waals surface area contributed by atoms with Crippen molar-refractivity contribution in [3.63, 3.8) is 0 Å². The van der Waals surface area contributed by atoms with E-state index in [0.29, 0.717) is 12.2 Å². The third-order valence-electron chi connectivity index (χ3n) is 4.76. The Bertz CT molecular complexity index is 923. The number of carbonyl (C=O) groups excluding carboxylic acids is 3. The van der Waals surface area contributed by atoms with Crippen LogP contribution in [0.1, 0.15) is 46.6 Å². The lowest BCUT2D eigenvalue weighted by molar-refractivity contribution is -0.159. The van der Waals surface area contributed by atoms with Gasteiger partial charge in [0.1, 0.15) is 23.4 Å². The lowest BCUT2D eigenvalue weighted by atomic mass is 10.0. The Labute approximate surface area is 202 Å². The Morgan fingerprint density at radius 1 is 0.853 bits per heavy atom. The van der Waals surface area contributed by atoms with Crippen LogP contribution in [0.2, 0.25) is 0 Å². The van der Waals surface area contributed by atoms with Crippen molar-refractivity contribution in [2.45, 2.75) is 65.1 Å². The van der Waals surface area contributed by atoms with Crippen LogP contribution in [0.5, 0.6) is 5.75 Å². The number of carbonyl (C=O) groups is 3. The van der Waals surface area contributed by atoms with E-state index in [2.05, 4.69) is 10.6 Å². The van der Waals surface area contributed by atoms with Gasteiger partial charge in [0.05, 0.1) is 0 Å². The molecule has 34 heavy (non-hydrogen) atoms. The quantitative estimate of drug-likeness (QED) is 0.491. The largest absolute Gasteiger partial charge is 0.484 e. The van der Waals surface area contributed by atoms with Crippen LogP contribution < -0.4 is 15.4 Å². The zero-order valence-corrected chi connectivity index (χ0v) is 20.7. The molecule has 2 aromatic rings. The van der Waals surface area contributed by atoms with E-state index in [9.17, 15) is 14.4 Å². The van der Waals surface area contributed by atoms with Crippen LogP contribution >= 0.6 is 0 Å². The summed E-state index contributed by atoms with van der Waals surface area (Å²) in [5.74, 6) is -0.666. The van der Waals surface area contributed by atoms with Crippen molar-refractivity contribution in [1.29, 1.82) is 0 Å². The fourth-order valence-electron chi connectivity index (χ4n) is 3.29. The number of rotatable bonds is 11. The first-order valence-electron chi connectivity index (χ1n) is 11.6. The number of amides is 2. The van der Waals surface area contributed by atoms with Gasteiger partial charge in [0.15, 0.2) is 6.61 Å². The van der Waals surface area contributed by atoms with Crippen molar-refractivity contribution in [1.82, 2.24) is 10.6 Å². The summed E-state index contributed by atoms with van der Waals surface area (Å²) < 4.78 is 11.0. The Morgan fingerprint density at radius 2 is 1.44 bits per heavy atom. The number of ether oxygens (including phenoxy) is 2. The second-order valence-electron chi connectivity index (χ2n) is 9.64. The molecule has 0 radical (unpaired) electrons. The molecule has 7 heteroatoms. The number of esters is 1. The molecule has 0 bridgehead atoms. The van der Waals surface area contributed by atoms with Crippen LogP contribution in [0.15, 0.2) is 60.7 Å². The third kappa shape index (κ3) is 10.1. The van der Waals surface area contributed by atoms with E-state index in [1.165, 1.54) is 0 Å². The average molecular weight is 469 g/mol. The van der Waals surface area contributed by atoms with Gasteiger partial charge in [-0.15, -0.1) is 0 Å². The van der Waals surface area contributed by atoms with Crippen molar-refractivity contribution in [3.05, 3.63) is 66.2 Å². The normalized spacial score (nSPS) is 13.0. The minimum absolute atomic E-state index is 0.152. The van der Waals surface area contributed by atoms with Crippen molar-refractivity contribution in [2.75, 3.05) is 6.61 Å². The van der Waals surface area contributed by atoms with E-state index in [0.717, 1.165) is 5.56 Å². The summed E-state index contributed by atoms with van der Waals surface area (Å²) in [5.41, 5.74) is 0.202. The van der Waals surface area contributed by atoms with Crippen LogP contribution in [0.25, 0.3) is 0 Å². The molecule has 0 spiro atoms. The fraction of sp³-hybridized carbons (Fsp3) is 0.444. The topological polar surface area (TPSA) is 93.7 Å². The highest BCUT2D eigenvalue weighted by Gasteiger charge is 2.30. The van der Waals surface area contributed by atoms with Gasteiger partial charge in [-0.1, -0.05) is 62.4 Å². The first-order valence-corrected chi connectivity index (χ1v) is 11.6. The highest BCUT2D eigenvalue weighted by molar-refractivity contribution is 5.91. The lowest BCUT2D eigenvalue weighted by Crippen LogP contribution is -2.54. The van der Waals surface area contributed by atoms with Gasteiger partial charge in [0.2, 0.25) is 5.91 Å². The van der Waals surface area contributed by atoms with E-state index in [-0.39, 0.29) is 18.9 Å². The molecule has 0 heterocycles. The predicted molar refractivity (Wildman–Crippen MR) is 131 cm³/mol. The maximum atomic E-state index is 13.2. The minimum atomic E-state index is -0.883. The summed E-state index contributed by atoms with van der Waals surface area (Å²) in [6.45, 7) is 9.05. The number of nitrogens with one attached hydrogen (secondary N) is 2. The van der Waals surface area contributed by atoms with E-state index < -0.39 is 35.5 Å². The van der Waals surface area contributed by atoms with Crippen molar-refractivity contribution < 1.29 is 23.9 Å². The maximum Gasteiger partial charge on any atom is 0.329 e. The molecule has 2 rings (SSSR count). The van der Waals surface area contributed by atoms with Gasteiger partial charge in [-0.25, -0.2) is 4.79 Å². The average Bonchev–Trinajstić information content (AvgIpc) is 2.76. The minimum Gasteiger partial charge on any atom is -0.484 e. The fourth-order valence-corrected chi connectivity index (χ4v) is 3.29. The molecule has 7 nitrogen and oxygen atoms in total. The number of hydrogen-bond acceptors (Lipinski definition) is 5. The van der Waals surface area contributed by atoms with Crippen molar-refractivity contribution in [3.8, 4) is 5.75 Å². The molecular formula is C27H36N2O5. The van der Waals surface area contributed by atoms with E-state index in [1.807, 2.05) is 62.4 Å². The Kier molecular flexibility index (Phi) is 10.1. The van der Waals surface area contributed by atoms with Gasteiger partial charge in [-0.2, -0.15) is 0 Å². The molecule has 2 unspecified atom stereocenters. The van der Waals surface area contributed by atoms with Crippen LogP contribution in [-0.2, 0) is 25.5 Å². The zero-order valence-electron chi connectivity index (χ0n) is 20.7. The van der Waals surface area contributed by atoms with Crippen LogP contribution in [0, 0.1) is 5.92 Å². The van der Waals surface area contributed by atoms with Crippen LogP contribution in [-0.4, -0.2) is 42.1 Å². The predicted octanol–water partition coefficient (Wildman–Crippen LogP) is 3.67. The molecule has 0 fully saturated rings. The second kappa shape index (κ2) is 12.8. The van der Waals surface area contributed by atoms with Gasteiger partial charge in [-0.05, 0) is 50.8 Å². The van der Waals surface area contributed by atoms with E-state index in [4.69, 9.17) is 9.47 Å². The summed E-state index contributed by atoms with van der Waals surface area (Å²) in [7, 11) is 0. The van der Waals surface area contributed by atoms with Gasteiger partial charge in [0.25, 0.3) is 5.91 Å². The third-order valence-corrected chi connectivity index (χ3v) is 4.76. The standard InChI is InChI=1S/C27H36N2O5/c1-19(2)16-23(26(32)34-27(3,4)5)29-25(31)22(17-20-12-8-6-9-13-20)28-24(30)18-33-21-14-10-7-11-15-21/h6-15,19,22-23H,16-18H2,1-5H3,(H,28,30)(H,29,31). The van der Waals surface area contributed by atoms with Crippen molar-refractivity contribution in [2.24, 2.45) is 5.92 Å². The molecule has 2 N–H and O–H groups in total. The summed E-state index contributed by atoms with van der Waals surface area (Å²) in [5, 5.41) is 5.55. The number of hydrogen-bond donors (Lipinski definition) is 2. The van der Waals surface area contributed by atoms with Crippen LogP contribution in [0.3, 0.4) is 0 Å². The van der Waals surface area contributed by atoms with Gasteiger partial charge in [-0.3, -0.25) is 9.59 Å². The molecular weight excluding hydrogens is 432 g/mol. The highest BCUT2D eigenvalue weighted by atomic mass is 16.6. The lowest BCUT2D eigenvalue weighted by Gasteiger charge is -2.27. The molecule has 0 saturated carbocycles. The Morgan fingerprint density at radius 3 is 2.00 bits per heavy atom.